The van der Waals surface area contributed by atoms with E-state index in [0.29, 0.717) is 11.1 Å². The van der Waals surface area contributed by atoms with Crippen molar-refractivity contribution in [2.45, 2.75) is 69.0 Å². The summed E-state index contributed by atoms with van der Waals surface area (Å²) >= 11 is 0.783. The zero-order valence-electron chi connectivity index (χ0n) is 22.0. The number of rotatable bonds is 3. The van der Waals surface area contributed by atoms with Gasteiger partial charge < -0.3 is 14.6 Å². The Balaban J connectivity index is 1.45. The van der Waals surface area contributed by atoms with E-state index < -0.39 is 69.5 Å². The maximum absolute atomic E-state index is 17.5. The summed E-state index contributed by atoms with van der Waals surface area (Å²) in [6.45, 7) is 3.29. The molecule has 1 heterocycles. The van der Waals surface area contributed by atoms with E-state index in [9.17, 15) is 25.2 Å². The average molecular weight is 567 g/mol. The van der Waals surface area contributed by atoms with E-state index in [0.717, 1.165) is 17.8 Å². The summed E-state index contributed by atoms with van der Waals surface area (Å²) in [5.74, 6) is -2.16. The maximum atomic E-state index is 17.5. The van der Waals surface area contributed by atoms with E-state index in [4.69, 9.17) is 9.47 Å². The quantitative estimate of drug-likeness (QED) is 0.571. The van der Waals surface area contributed by atoms with Crippen LogP contribution in [0.4, 0.5) is 8.78 Å². The van der Waals surface area contributed by atoms with Crippen LogP contribution in [-0.2, 0) is 19.1 Å². The SMILES string of the molecule is CC12CC(O)[C@@]3(F)C(C[C@H](F)C4=CC(=O)C=CC43C)C1C[C@H]1OC(c3cccc(C#N)c3)OC12C(=O)SCC#N. The van der Waals surface area contributed by atoms with Crippen LogP contribution in [-0.4, -0.2) is 51.4 Å². The van der Waals surface area contributed by atoms with Crippen LogP contribution in [0.3, 0.4) is 0 Å². The monoisotopic (exact) mass is 566 g/mol. The first kappa shape index (κ1) is 27.3. The van der Waals surface area contributed by atoms with Gasteiger partial charge in [-0.1, -0.05) is 36.9 Å². The Kier molecular flexibility index (Phi) is 6.18. The van der Waals surface area contributed by atoms with Crippen LogP contribution in [0.25, 0.3) is 0 Å². The summed E-state index contributed by atoms with van der Waals surface area (Å²) in [7, 11) is 0. The number of ether oxygens (including phenoxy) is 2. The van der Waals surface area contributed by atoms with Crippen LogP contribution in [0.2, 0.25) is 0 Å². The molecular weight excluding hydrogens is 538 g/mol. The fourth-order valence-electron chi connectivity index (χ4n) is 8.41. The molecule has 4 aliphatic carbocycles. The standard InChI is InChI=1S/C30H28F2N2O5S/c1-27-7-6-18(35)11-21(27)22(31)12-20-19-13-24-30(26(37)40-9-8-33,28(19,2)14-23(36)29(20,27)32)39-25(38-24)17-5-3-4-16(10-17)15-34/h3-7,10-11,19-20,22-25,36H,9,12-14H2,1-2H3/t19?,20?,22-,23?,24+,25?,27?,28?,29-,30?/m0/s1. The Morgan fingerprint density at radius 1 is 1.25 bits per heavy atom. The number of nitriles is 2. The number of carbonyl (C=O) groups is 2. The molecule has 0 aromatic heterocycles. The molecule has 1 aromatic carbocycles. The largest absolute Gasteiger partial charge is 0.390 e. The van der Waals surface area contributed by atoms with Crippen molar-refractivity contribution < 1.29 is 33.0 Å². The number of hydrogen-bond donors (Lipinski definition) is 1. The Hall–Kier alpha value is -2.89. The molecule has 10 atom stereocenters. The van der Waals surface area contributed by atoms with Gasteiger partial charge in [0.2, 0.25) is 5.12 Å². The van der Waals surface area contributed by atoms with Crippen molar-refractivity contribution in [3.05, 3.63) is 59.2 Å². The van der Waals surface area contributed by atoms with Gasteiger partial charge in [-0.25, -0.2) is 8.78 Å². The summed E-state index contributed by atoms with van der Waals surface area (Å²) < 4.78 is 46.1. The second-order valence-corrected chi connectivity index (χ2v) is 12.8. The van der Waals surface area contributed by atoms with E-state index in [1.54, 1.807) is 31.2 Å². The molecule has 0 spiro atoms. The molecule has 6 rings (SSSR count). The molecule has 0 bridgehead atoms. The fourth-order valence-corrected chi connectivity index (χ4v) is 9.23. The third-order valence-electron chi connectivity index (χ3n) is 10.2. The van der Waals surface area contributed by atoms with Gasteiger partial charge in [0.1, 0.15) is 6.17 Å². The van der Waals surface area contributed by atoms with Crippen molar-refractivity contribution in [3.8, 4) is 12.1 Å². The molecule has 1 aliphatic heterocycles. The average Bonchev–Trinajstić information content (AvgIpc) is 3.44. The molecule has 7 unspecified atom stereocenters. The topological polar surface area (TPSA) is 120 Å². The molecule has 0 radical (unpaired) electrons. The zero-order valence-corrected chi connectivity index (χ0v) is 22.8. The second kappa shape index (κ2) is 9.06. The Bertz CT molecular complexity index is 1450. The number of alkyl halides is 2. The molecule has 4 fully saturated rings. The number of thioether (sulfide) groups is 1. The normalized spacial score (nSPS) is 44.9. The highest BCUT2D eigenvalue weighted by Gasteiger charge is 2.80. The third-order valence-corrected chi connectivity index (χ3v) is 11.1. The number of ketones is 1. The minimum atomic E-state index is -2.30. The molecule has 40 heavy (non-hydrogen) atoms. The number of carbonyl (C=O) groups excluding carboxylic acids is 2. The molecule has 3 saturated carbocycles. The lowest BCUT2D eigenvalue weighted by Gasteiger charge is -2.63. The molecular formula is C30H28F2N2O5S. The van der Waals surface area contributed by atoms with Crippen molar-refractivity contribution in [3.63, 3.8) is 0 Å². The van der Waals surface area contributed by atoms with Crippen LogP contribution in [0.15, 0.2) is 48.1 Å². The summed E-state index contributed by atoms with van der Waals surface area (Å²) in [6, 6.07) is 10.7. The van der Waals surface area contributed by atoms with Crippen molar-refractivity contribution >= 4 is 22.7 Å². The molecule has 0 amide bonds. The molecule has 10 heteroatoms. The Morgan fingerprint density at radius 3 is 2.75 bits per heavy atom. The number of aliphatic hydroxyl groups is 1. The molecule has 1 aromatic rings. The number of fused-ring (bicyclic) bond motifs is 7. The van der Waals surface area contributed by atoms with E-state index >= 15 is 8.78 Å². The Labute approximate surface area is 234 Å². The Morgan fingerprint density at radius 2 is 2.02 bits per heavy atom. The van der Waals surface area contributed by atoms with Gasteiger partial charge in [-0.05, 0) is 62.0 Å². The van der Waals surface area contributed by atoms with Crippen LogP contribution >= 0.6 is 11.8 Å². The molecule has 5 aliphatic rings. The maximum Gasteiger partial charge on any atom is 0.225 e. The predicted molar refractivity (Wildman–Crippen MR) is 140 cm³/mol. The van der Waals surface area contributed by atoms with Gasteiger partial charge in [0.05, 0.1) is 35.7 Å². The van der Waals surface area contributed by atoms with Crippen molar-refractivity contribution in [1.82, 2.24) is 0 Å². The van der Waals surface area contributed by atoms with Crippen LogP contribution < -0.4 is 0 Å². The predicted octanol–water partition coefficient (Wildman–Crippen LogP) is 4.42. The number of aliphatic hydroxyl groups excluding tert-OH is 1. The van der Waals surface area contributed by atoms with Crippen molar-refractivity contribution in [2.24, 2.45) is 22.7 Å². The fraction of sp³-hybridized carbons (Fsp3) is 0.533. The van der Waals surface area contributed by atoms with Crippen molar-refractivity contribution in [2.75, 3.05) is 5.75 Å². The lowest BCUT2D eigenvalue weighted by molar-refractivity contribution is -0.232. The lowest BCUT2D eigenvalue weighted by Crippen LogP contribution is -2.70. The molecule has 1 saturated heterocycles. The minimum absolute atomic E-state index is 0.0277. The van der Waals surface area contributed by atoms with Gasteiger partial charge in [0, 0.05) is 22.3 Å². The third kappa shape index (κ3) is 3.31. The van der Waals surface area contributed by atoms with E-state index in [1.165, 1.54) is 19.1 Å². The number of benzene rings is 1. The van der Waals surface area contributed by atoms with Gasteiger partial charge in [-0.3, -0.25) is 9.59 Å². The van der Waals surface area contributed by atoms with E-state index in [-0.39, 0.29) is 30.6 Å². The van der Waals surface area contributed by atoms with E-state index in [1.807, 2.05) is 6.07 Å². The summed E-state index contributed by atoms with van der Waals surface area (Å²) in [6.07, 6.45) is -1.58. The number of nitrogens with zero attached hydrogens (tertiary/aromatic N) is 2. The van der Waals surface area contributed by atoms with Gasteiger partial charge in [-0.15, -0.1) is 0 Å². The molecule has 208 valence electrons. The second-order valence-electron chi connectivity index (χ2n) is 11.9. The summed E-state index contributed by atoms with van der Waals surface area (Å²) in [5, 5.41) is 29.7. The van der Waals surface area contributed by atoms with E-state index in [2.05, 4.69) is 6.07 Å². The zero-order chi connectivity index (χ0) is 28.7. The summed E-state index contributed by atoms with van der Waals surface area (Å²) in [5.41, 5.74) is -5.71. The highest BCUT2D eigenvalue weighted by Crippen LogP contribution is 2.73. The lowest BCUT2D eigenvalue weighted by atomic mass is 9.44. The first-order chi connectivity index (χ1) is 19.0. The number of halogens is 2. The first-order valence-corrected chi connectivity index (χ1v) is 14.3. The highest BCUT2D eigenvalue weighted by atomic mass is 32.2. The minimum Gasteiger partial charge on any atom is -0.390 e. The van der Waals surface area contributed by atoms with Crippen LogP contribution in [0.5, 0.6) is 0 Å². The smallest absolute Gasteiger partial charge is 0.225 e. The number of hydrogen-bond acceptors (Lipinski definition) is 8. The molecule has 1 N–H and O–H groups in total. The highest BCUT2D eigenvalue weighted by molar-refractivity contribution is 8.14. The van der Waals surface area contributed by atoms with Gasteiger partial charge in [-0.2, -0.15) is 10.5 Å². The van der Waals surface area contributed by atoms with Crippen LogP contribution in [0.1, 0.15) is 50.5 Å². The van der Waals surface area contributed by atoms with Crippen LogP contribution in [0, 0.1) is 45.3 Å². The number of allylic oxidation sites excluding steroid dienone is 4. The first-order valence-electron chi connectivity index (χ1n) is 13.3. The van der Waals surface area contributed by atoms with Gasteiger partial charge >= 0.3 is 0 Å². The van der Waals surface area contributed by atoms with Crippen molar-refractivity contribution in [1.29, 1.82) is 10.5 Å². The van der Waals surface area contributed by atoms with Gasteiger partial charge in [0.15, 0.2) is 23.3 Å². The summed E-state index contributed by atoms with van der Waals surface area (Å²) in [4.78, 5) is 26.0. The van der Waals surface area contributed by atoms with Gasteiger partial charge in [0.25, 0.3) is 0 Å². The molecule has 7 nitrogen and oxygen atoms in total.